The minimum Gasteiger partial charge on any atom is -1.00 e. The van der Waals surface area contributed by atoms with E-state index in [1.807, 2.05) is 30.3 Å². The van der Waals surface area contributed by atoms with E-state index in [0.717, 1.165) is 11.8 Å². The summed E-state index contributed by atoms with van der Waals surface area (Å²) in [7, 11) is 0. The van der Waals surface area contributed by atoms with Crippen LogP contribution in [-0.2, 0) is 4.84 Å². The van der Waals surface area contributed by atoms with Crippen molar-refractivity contribution in [3.8, 4) is 5.69 Å². The van der Waals surface area contributed by atoms with Gasteiger partial charge in [0.2, 0.25) is 0 Å². The van der Waals surface area contributed by atoms with Crippen LogP contribution in [0.5, 0.6) is 0 Å². The molecule has 0 aliphatic heterocycles. The number of aromatic nitrogens is 2. The molecule has 0 aliphatic carbocycles. The number of carbonyl (C=O) groups is 1. The van der Waals surface area contributed by atoms with Crippen LogP contribution in [0.25, 0.3) is 16.6 Å². The normalized spacial score (nSPS) is 9.73. The van der Waals surface area contributed by atoms with Crippen molar-refractivity contribution in [1.82, 2.24) is 15.9 Å². The lowest BCUT2D eigenvalue weighted by atomic mass is 10.1. The van der Waals surface area contributed by atoms with Gasteiger partial charge in [-0.1, -0.05) is 18.2 Å². The Labute approximate surface area is 131 Å². The fraction of sp³-hybridized carbons (Fsp3) is 0. The SMILES string of the molecule is NOC(=O)c1cc(F)cc2cn(-c3ccccc3)nc12.[Cl-].[NH4+]. The van der Waals surface area contributed by atoms with E-state index in [-0.39, 0.29) is 24.1 Å². The summed E-state index contributed by atoms with van der Waals surface area (Å²) in [5.74, 6) is 3.48. The molecule has 8 heteroatoms. The summed E-state index contributed by atoms with van der Waals surface area (Å²) in [6.45, 7) is 0. The van der Waals surface area contributed by atoms with Gasteiger partial charge in [-0.2, -0.15) is 11.0 Å². The first-order valence-corrected chi connectivity index (χ1v) is 5.84. The van der Waals surface area contributed by atoms with Gasteiger partial charge in [-0.3, -0.25) is 0 Å². The quantitative estimate of drug-likeness (QED) is 0.624. The van der Waals surface area contributed by atoms with Gasteiger partial charge in [-0.15, -0.1) is 0 Å². The van der Waals surface area contributed by atoms with E-state index in [2.05, 4.69) is 9.94 Å². The van der Waals surface area contributed by atoms with E-state index < -0.39 is 11.8 Å². The second kappa shape index (κ2) is 6.99. The number of nitrogens with zero attached hydrogens (tertiary/aromatic N) is 2. The molecular weight excluding hydrogens is 311 g/mol. The van der Waals surface area contributed by atoms with Gasteiger partial charge in [-0.25, -0.2) is 13.9 Å². The van der Waals surface area contributed by atoms with Crippen molar-refractivity contribution in [2.45, 2.75) is 0 Å². The first kappa shape index (κ1) is 17.6. The lowest BCUT2D eigenvalue weighted by molar-refractivity contribution is -0.0000215. The molecule has 0 atom stereocenters. The molecule has 0 saturated carbocycles. The van der Waals surface area contributed by atoms with Crippen LogP contribution in [0.2, 0.25) is 0 Å². The van der Waals surface area contributed by atoms with Crippen LogP contribution in [0.15, 0.2) is 48.7 Å². The van der Waals surface area contributed by atoms with Gasteiger partial charge in [-0.05, 0) is 24.3 Å². The fourth-order valence-corrected chi connectivity index (χ4v) is 2.03. The number of hydrogen-bond donors (Lipinski definition) is 2. The highest BCUT2D eigenvalue weighted by atomic mass is 35.5. The number of benzene rings is 2. The summed E-state index contributed by atoms with van der Waals surface area (Å²) in [4.78, 5) is 15.7. The van der Waals surface area contributed by atoms with Gasteiger partial charge in [0, 0.05) is 11.6 Å². The number of halogens is 2. The van der Waals surface area contributed by atoms with Gasteiger partial charge in [0.05, 0.1) is 11.3 Å². The van der Waals surface area contributed by atoms with Gasteiger partial charge in [0.15, 0.2) is 0 Å². The van der Waals surface area contributed by atoms with E-state index in [1.54, 1.807) is 10.9 Å². The minimum atomic E-state index is -0.826. The maximum Gasteiger partial charge on any atom is 0.359 e. The molecule has 3 rings (SSSR count). The molecule has 6 N–H and O–H groups in total. The number of nitrogens with two attached hydrogens (primary N) is 1. The molecule has 0 bridgehead atoms. The van der Waals surface area contributed by atoms with Gasteiger partial charge >= 0.3 is 5.97 Å². The van der Waals surface area contributed by atoms with E-state index in [4.69, 9.17) is 5.90 Å². The molecule has 1 heterocycles. The van der Waals surface area contributed by atoms with E-state index in [1.165, 1.54) is 6.07 Å². The molecule has 22 heavy (non-hydrogen) atoms. The Balaban J connectivity index is 0.00000121. The number of carbonyl (C=O) groups excluding carboxylic acids is 1. The van der Waals surface area contributed by atoms with E-state index >= 15 is 0 Å². The average molecular weight is 325 g/mol. The topological polar surface area (TPSA) is 107 Å². The van der Waals surface area contributed by atoms with Crippen molar-refractivity contribution >= 4 is 16.9 Å². The second-order valence-electron chi connectivity index (χ2n) is 4.21. The zero-order chi connectivity index (χ0) is 14.1. The van der Waals surface area contributed by atoms with Crippen molar-refractivity contribution < 1.29 is 26.4 Å². The predicted molar refractivity (Wildman–Crippen MR) is 76.6 cm³/mol. The van der Waals surface area contributed by atoms with Gasteiger partial charge < -0.3 is 23.4 Å². The molecule has 116 valence electrons. The molecule has 0 amide bonds. The Kier molecular flexibility index (Phi) is 5.58. The Morgan fingerprint density at radius 2 is 1.91 bits per heavy atom. The standard InChI is InChI=1S/C14H10FN3O2.ClH.H3N/c15-10-6-9-8-18(11-4-2-1-3-5-11)17-13(9)12(7-10)14(19)20-16;;/h1-8H,16H2;1H;1H3. The third-order valence-corrected chi connectivity index (χ3v) is 2.92. The summed E-state index contributed by atoms with van der Waals surface area (Å²) < 4.78 is 15.1. The van der Waals surface area contributed by atoms with Gasteiger partial charge in [0.1, 0.15) is 11.3 Å². The van der Waals surface area contributed by atoms with Crippen LogP contribution in [0.4, 0.5) is 4.39 Å². The molecule has 0 spiro atoms. The summed E-state index contributed by atoms with van der Waals surface area (Å²) in [5, 5.41) is 4.78. The van der Waals surface area contributed by atoms with Crippen molar-refractivity contribution in [3.63, 3.8) is 0 Å². The molecule has 6 nitrogen and oxygen atoms in total. The van der Waals surface area contributed by atoms with Crippen molar-refractivity contribution in [1.29, 1.82) is 0 Å². The van der Waals surface area contributed by atoms with Crippen LogP contribution in [0.3, 0.4) is 0 Å². The molecule has 0 fully saturated rings. The van der Waals surface area contributed by atoms with E-state index in [9.17, 15) is 9.18 Å². The smallest absolute Gasteiger partial charge is 0.359 e. The van der Waals surface area contributed by atoms with Crippen LogP contribution in [0.1, 0.15) is 10.4 Å². The summed E-state index contributed by atoms with van der Waals surface area (Å²) >= 11 is 0. The first-order valence-electron chi connectivity index (χ1n) is 5.84. The Morgan fingerprint density at radius 3 is 2.55 bits per heavy atom. The van der Waals surface area contributed by atoms with Crippen molar-refractivity contribution in [2.75, 3.05) is 0 Å². The van der Waals surface area contributed by atoms with Crippen molar-refractivity contribution in [2.24, 2.45) is 5.90 Å². The van der Waals surface area contributed by atoms with Crippen LogP contribution < -0.4 is 24.5 Å². The first-order chi connectivity index (χ1) is 9.69. The maximum absolute atomic E-state index is 13.5. The Bertz CT molecular complexity index is 792. The third kappa shape index (κ3) is 3.06. The van der Waals surface area contributed by atoms with Crippen LogP contribution in [-0.4, -0.2) is 15.7 Å². The number of hydrogen-bond acceptors (Lipinski definition) is 4. The van der Waals surface area contributed by atoms with Gasteiger partial charge in [0.25, 0.3) is 0 Å². The highest BCUT2D eigenvalue weighted by Gasteiger charge is 2.16. The Morgan fingerprint density at radius 1 is 1.23 bits per heavy atom. The lowest BCUT2D eigenvalue weighted by Crippen LogP contribution is -3.00. The average Bonchev–Trinajstić information content (AvgIpc) is 2.90. The molecular formula is C14H14ClFN4O2. The zero-order valence-electron chi connectivity index (χ0n) is 11.7. The summed E-state index contributed by atoms with van der Waals surface area (Å²) in [5.41, 5.74) is 1.14. The molecule has 0 radical (unpaired) electrons. The third-order valence-electron chi connectivity index (χ3n) is 2.92. The summed E-state index contributed by atoms with van der Waals surface area (Å²) in [6, 6.07) is 11.7. The van der Waals surface area contributed by atoms with Crippen LogP contribution >= 0.6 is 0 Å². The monoisotopic (exact) mass is 324 g/mol. The number of fused-ring (bicyclic) bond motifs is 1. The lowest BCUT2D eigenvalue weighted by Gasteiger charge is -2.00. The number of para-hydroxylation sites is 1. The highest BCUT2D eigenvalue weighted by Crippen LogP contribution is 2.21. The van der Waals surface area contributed by atoms with Crippen molar-refractivity contribution in [3.05, 3.63) is 60.0 Å². The maximum atomic E-state index is 13.5. The highest BCUT2D eigenvalue weighted by molar-refractivity contribution is 6.02. The largest absolute Gasteiger partial charge is 1.00 e. The number of quaternary nitrogens is 1. The zero-order valence-corrected chi connectivity index (χ0v) is 12.4. The molecule has 0 unspecified atom stereocenters. The minimum absolute atomic E-state index is 0. The Hall–Kier alpha value is -2.48. The van der Waals surface area contributed by atoms with Crippen LogP contribution in [0, 0.1) is 5.82 Å². The molecule has 3 aromatic rings. The number of rotatable bonds is 2. The molecule has 1 aromatic heterocycles. The molecule has 0 aliphatic rings. The molecule has 2 aromatic carbocycles. The summed E-state index contributed by atoms with van der Waals surface area (Å²) in [6.07, 6.45) is 1.64. The molecule has 0 saturated heterocycles. The van der Waals surface area contributed by atoms with E-state index in [0.29, 0.717) is 10.9 Å². The second-order valence-corrected chi connectivity index (χ2v) is 4.21. The predicted octanol–water partition coefficient (Wildman–Crippen LogP) is -0.425. The fourth-order valence-electron chi connectivity index (χ4n) is 2.03.